The molecule has 19 heavy (non-hydrogen) atoms. The van der Waals surface area contributed by atoms with Gasteiger partial charge in [-0.05, 0) is 19.3 Å². The molecule has 104 valence electrons. The molecule has 1 aliphatic carbocycles. The standard InChI is InChI=1S/C12H18FN5O/c13-8-4-10(18(5-8)9-2-1-3-9)6-17-7-11(12(14)19)15-16-17/h7-10H,1-6H2,(H2,14,19)/t8-,10-/m0/s1. The molecule has 1 amide bonds. The predicted octanol–water partition coefficient (Wildman–Crippen LogP) is 0.342. The van der Waals surface area contributed by atoms with Crippen LogP contribution in [0.1, 0.15) is 36.2 Å². The number of amides is 1. The number of likely N-dealkylation sites (tertiary alicyclic amines) is 1. The van der Waals surface area contributed by atoms with Gasteiger partial charge in [0.1, 0.15) is 6.17 Å². The second-order valence-electron chi connectivity index (χ2n) is 5.46. The highest BCUT2D eigenvalue weighted by molar-refractivity contribution is 5.90. The number of carbonyl (C=O) groups is 1. The lowest BCUT2D eigenvalue weighted by atomic mass is 9.91. The number of carbonyl (C=O) groups excluding carboxylic acids is 1. The number of hydrogen-bond acceptors (Lipinski definition) is 4. The van der Waals surface area contributed by atoms with Crippen molar-refractivity contribution in [3.05, 3.63) is 11.9 Å². The Bertz CT molecular complexity index is 472. The van der Waals surface area contributed by atoms with Gasteiger partial charge >= 0.3 is 0 Å². The minimum absolute atomic E-state index is 0.141. The maximum atomic E-state index is 13.6. The summed E-state index contributed by atoms with van der Waals surface area (Å²) in [7, 11) is 0. The van der Waals surface area contributed by atoms with Crippen LogP contribution < -0.4 is 5.73 Å². The third-order valence-electron chi connectivity index (χ3n) is 4.14. The van der Waals surface area contributed by atoms with Crippen LogP contribution in [0.4, 0.5) is 4.39 Å². The zero-order chi connectivity index (χ0) is 13.4. The lowest BCUT2D eigenvalue weighted by Crippen LogP contribution is -2.45. The number of nitrogens with two attached hydrogens (primary N) is 1. The zero-order valence-electron chi connectivity index (χ0n) is 10.7. The summed E-state index contributed by atoms with van der Waals surface area (Å²) in [6, 6.07) is 0.660. The van der Waals surface area contributed by atoms with Gasteiger partial charge in [0.15, 0.2) is 5.69 Å². The summed E-state index contributed by atoms with van der Waals surface area (Å²) in [5, 5.41) is 7.59. The van der Waals surface area contributed by atoms with E-state index in [2.05, 4.69) is 15.2 Å². The van der Waals surface area contributed by atoms with Crippen LogP contribution in [0.25, 0.3) is 0 Å². The molecule has 1 aromatic heterocycles. The number of alkyl halides is 1. The third-order valence-corrected chi connectivity index (χ3v) is 4.14. The van der Waals surface area contributed by atoms with Crippen LogP contribution in [0.5, 0.6) is 0 Å². The molecule has 7 heteroatoms. The molecule has 2 aliphatic rings. The Balaban J connectivity index is 1.68. The molecule has 1 aromatic rings. The molecule has 1 saturated carbocycles. The highest BCUT2D eigenvalue weighted by Gasteiger charge is 2.38. The summed E-state index contributed by atoms with van der Waals surface area (Å²) in [4.78, 5) is 13.2. The maximum absolute atomic E-state index is 13.6. The van der Waals surface area contributed by atoms with Gasteiger partial charge in [-0.15, -0.1) is 5.10 Å². The minimum atomic E-state index is -0.760. The first kappa shape index (κ1) is 12.5. The first-order valence-electron chi connectivity index (χ1n) is 6.73. The molecule has 0 aromatic carbocycles. The van der Waals surface area contributed by atoms with Crippen LogP contribution >= 0.6 is 0 Å². The molecule has 2 heterocycles. The van der Waals surface area contributed by atoms with Crippen LogP contribution in [0, 0.1) is 0 Å². The summed E-state index contributed by atoms with van der Waals surface area (Å²) < 4.78 is 15.2. The van der Waals surface area contributed by atoms with E-state index < -0.39 is 12.1 Å². The van der Waals surface area contributed by atoms with Crippen molar-refractivity contribution in [2.75, 3.05) is 6.54 Å². The second-order valence-corrected chi connectivity index (χ2v) is 5.46. The molecule has 1 saturated heterocycles. The Hall–Kier alpha value is -1.50. The Morgan fingerprint density at radius 1 is 1.53 bits per heavy atom. The Morgan fingerprint density at radius 2 is 2.32 bits per heavy atom. The quantitative estimate of drug-likeness (QED) is 0.853. The van der Waals surface area contributed by atoms with Crippen molar-refractivity contribution in [3.8, 4) is 0 Å². The van der Waals surface area contributed by atoms with Crippen molar-refractivity contribution >= 4 is 5.91 Å². The fourth-order valence-electron chi connectivity index (χ4n) is 2.94. The van der Waals surface area contributed by atoms with Gasteiger partial charge in [-0.25, -0.2) is 4.39 Å². The summed E-state index contributed by atoms with van der Waals surface area (Å²) in [5.41, 5.74) is 5.30. The smallest absolute Gasteiger partial charge is 0.270 e. The molecule has 1 aliphatic heterocycles. The first-order chi connectivity index (χ1) is 9.13. The van der Waals surface area contributed by atoms with Gasteiger partial charge in [-0.3, -0.25) is 14.4 Å². The van der Waals surface area contributed by atoms with Crippen molar-refractivity contribution in [2.24, 2.45) is 5.73 Å². The molecule has 0 spiro atoms. The van der Waals surface area contributed by atoms with Crippen LogP contribution in [-0.2, 0) is 6.54 Å². The Labute approximate surface area is 110 Å². The van der Waals surface area contributed by atoms with Crippen molar-refractivity contribution in [1.82, 2.24) is 19.9 Å². The predicted molar refractivity (Wildman–Crippen MR) is 66.2 cm³/mol. The maximum Gasteiger partial charge on any atom is 0.270 e. The largest absolute Gasteiger partial charge is 0.364 e. The molecular weight excluding hydrogens is 249 g/mol. The summed E-state index contributed by atoms with van der Waals surface area (Å²) in [6.07, 6.45) is 4.86. The van der Waals surface area contributed by atoms with Gasteiger partial charge in [0.05, 0.1) is 12.7 Å². The van der Waals surface area contributed by atoms with E-state index in [1.807, 2.05) is 0 Å². The van der Waals surface area contributed by atoms with Crippen molar-refractivity contribution in [2.45, 2.75) is 50.5 Å². The topological polar surface area (TPSA) is 77.0 Å². The fourth-order valence-corrected chi connectivity index (χ4v) is 2.94. The number of hydrogen-bond donors (Lipinski definition) is 1. The van der Waals surface area contributed by atoms with Crippen molar-refractivity contribution in [1.29, 1.82) is 0 Å². The molecule has 6 nitrogen and oxygen atoms in total. The number of rotatable bonds is 4. The van der Waals surface area contributed by atoms with Crippen LogP contribution in [-0.4, -0.2) is 50.6 Å². The van der Waals surface area contributed by atoms with Crippen LogP contribution in [0.15, 0.2) is 6.20 Å². The first-order valence-corrected chi connectivity index (χ1v) is 6.73. The van der Waals surface area contributed by atoms with E-state index >= 15 is 0 Å². The van der Waals surface area contributed by atoms with E-state index in [1.165, 1.54) is 12.6 Å². The number of primary amides is 1. The fraction of sp³-hybridized carbons (Fsp3) is 0.750. The molecule has 3 rings (SSSR count). The molecule has 0 unspecified atom stereocenters. The van der Waals surface area contributed by atoms with Gasteiger partial charge in [0, 0.05) is 18.6 Å². The van der Waals surface area contributed by atoms with Gasteiger partial charge in [-0.1, -0.05) is 11.6 Å². The summed E-state index contributed by atoms with van der Waals surface area (Å²) in [5.74, 6) is -0.586. The van der Waals surface area contributed by atoms with Crippen molar-refractivity contribution in [3.63, 3.8) is 0 Å². The summed E-state index contributed by atoms with van der Waals surface area (Å²) >= 11 is 0. The van der Waals surface area contributed by atoms with E-state index in [0.717, 1.165) is 12.8 Å². The van der Waals surface area contributed by atoms with E-state index in [4.69, 9.17) is 5.73 Å². The number of nitrogens with zero attached hydrogens (tertiary/aromatic N) is 4. The third kappa shape index (κ3) is 2.47. The SMILES string of the molecule is NC(=O)c1cn(C[C@@H]2C[C@H](F)CN2C2CCC2)nn1. The molecule has 2 atom stereocenters. The Morgan fingerprint density at radius 3 is 2.89 bits per heavy atom. The molecule has 0 radical (unpaired) electrons. The van der Waals surface area contributed by atoms with E-state index in [-0.39, 0.29) is 11.7 Å². The lowest BCUT2D eigenvalue weighted by Gasteiger charge is -2.38. The molecule has 2 fully saturated rings. The monoisotopic (exact) mass is 267 g/mol. The van der Waals surface area contributed by atoms with E-state index in [0.29, 0.717) is 25.6 Å². The normalized spacial score (nSPS) is 28.5. The Kier molecular flexibility index (Phi) is 3.22. The second kappa shape index (κ2) is 4.88. The van der Waals surface area contributed by atoms with Gasteiger partial charge in [0.2, 0.25) is 0 Å². The van der Waals surface area contributed by atoms with Gasteiger partial charge in [0.25, 0.3) is 5.91 Å². The molecule has 2 N–H and O–H groups in total. The minimum Gasteiger partial charge on any atom is -0.364 e. The lowest BCUT2D eigenvalue weighted by molar-refractivity contribution is 0.0988. The summed E-state index contributed by atoms with van der Waals surface area (Å²) in [6.45, 7) is 1.09. The average Bonchev–Trinajstić information content (AvgIpc) is 2.85. The average molecular weight is 267 g/mol. The van der Waals surface area contributed by atoms with Gasteiger partial charge in [-0.2, -0.15) is 0 Å². The van der Waals surface area contributed by atoms with Gasteiger partial charge < -0.3 is 5.73 Å². The molecule has 0 bridgehead atoms. The van der Waals surface area contributed by atoms with Crippen LogP contribution in [0.2, 0.25) is 0 Å². The highest BCUT2D eigenvalue weighted by Crippen LogP contribution is 2.32. The van der Waals surface area contributed by atoms with E-state index in [1.54, 1.807) is 4.68 Å². The zero-order valence-corrected chi connectivity index (χ0v) is 10.7. The number of halogens is 1. The van der Waals surface area contributed by atoms with Crippen molar-refractivity contribution < 1.29 is 9.18 Å². The molecular formula is C12H18FN5O. The van der Waals surface area contributed by atoms with E-state index in [9.17, 15) is 9.18 Å². The van der Waals surface area contributed by atoms with Crippen LogP contribution in [0.3, 0.4) is 0 Å². The number of aromatic nitrogens is 3. The highest BCUT2D eigenvalue weighted by atomic mass is 19.1.